The molecule has 168 valence electrons. The fourth-order valence-corrected chi connectivity index (χ4v) is 4.40. The molecule has 5 nitrogen and oxygen atoms in total. The third-order valence-corrected chi connectivity index (χ3v) is 6.23. The minimum Gasteiger partial charge on any atom is -0.495 e. The van der Waals surface area contributed by atoms with Gasteiger partial charge in [-0.2, -0.15) is 0 Å². The second kappa shape index (κ2) is 10.6. The zero-order valence-corrected chi connectivity index (χ0v) is 19.9. The number of hydrogen-bond donors (Lipinski definition) is 0. The Morgan fingerprint density at radius 1 is 1.06 bits per heavy atom. The maximum Gasteiger partial charge on any atom is 0.283 e. The zero-order valence-electron chi connectivity index (χ0n) is 18.3. The molecule has 0 fully saturated rings. The van der Waals surface area contributed by atoms with Gasteiger partial charge in [-0.15, -0.1) is 0 Å². The van der Waals surface area contributed by atoms with Crippen molar-refractivity contribution in [3.05, 3.63) is 94.6 Å². The molecule has 0 aromatic heterocycles. The number of rotatable bonds is 7. The van der Waals surface area contributed by atoms with Crippen molar-refractivity contribution in [2.75, 3.05) is 24.4 Å². The van der Waals surface area contributed by atoms with E-state index < -0.39 is 0 Å². The first-order valence-electron chi connectivity index (χ1n) is 10.4. The number of hydrogen-bond acceptors (Lipinski definition) is 5. The Morgan fingerprint density at radius 3 is 2.55 bits per heavy atom. The molecule has 0 unspecified atom stereocenters. The number of carbonyl (C=O) groups excluding carboxylic acids is 1. The second-order valence-corrected chi connectivity index (χ2v) is 8.72. The van der Waals surface area contributed by atoms with E-state index in [2.05, 4.69) is 4.99 Å². The molecule has 0 saturated carbocycles. The highest BCUT2D eigenvalue weighted by Gasteiger charge is 2.32. The maximum atomic E-state index is 13.4. The summed E-state index contributed by atoms with van der Waals surface area (Å²) in [5.41, 5.74) is 3.04. The van der Waals surface area contributed by atoms with Crippen molar-refractivity contribution < 1.29 is 14.3 Å². The van der Waals surface area contributed by atoms with Gasteiger partial charge >= 0.3 is 0 Å². The number of nitrogens with zero attached hydrogens (tertiary/aromatic N) is 2. The lowest BCUT2D eigenvalue weighted by Crippen LogP contribution is -2.30. The van der Waals surface area contributed by atoms with E-state index in [0.29, 0.717) is 39.7 Å². The van der Waals surface area contributed by atoms with Gasteiger partial charge in [-0.05, 0) is 54.5 Å². The number of anilines is 1. The Hall–Kier alpha value is -3.22. The first-order valence-corrected chi connectivity index (χ1v) is 11.8. The van der Waals surface area contributed by atoms with E-state index in [1.807, 2.05) is 67.6 Å². The number of thioether (sulfide) groups is 1. The maximum absolute atomic E-state index is 13.4. The number of amidine groups is 1. The predicted molar refractivity (Wildman–Crippen MR) is 136 cm³/mol. The summed E-state index contributed by atoms with van der Waals surface area (Å²) < 4.78 is 11.0. The summed E-state index contributed by atoms with van der Waals surface area (Å²) >= 11 is 7.80. The van der Waals surface area contributed by atoms with Gasteiger partial charge in [-0.1, -0.05) is 65.8 Å². The van der Waals surface area contributed by atoms with Crippen LogP contribution in [0.2, 0.25) is 5.02 Å². The molecule has 4 rings (SSSR count). The first-order chi connectivity index (χ1) is 16.1. The average molecular weight is 479 g/mol. The third-order valence-electron chi connectivity index (χ3n) is 5.03. The highest BCUT2D eigenvalue weighted by Crippen LogP contribution is 2.34. The number of benzene rings is 3. The molecule has 33 heavy (non-hydrogen) atoms. The molecule has 0 bridgehead atoms. The molecule has 1 amide bonds. The van der Waals surface area contributed by atoms with Crippen molar-refractivity contribution in [2.24, 2.45) is 4.99 Å². The van der Waals surface area contributed by atoms with Crippen LogP contribution in [0, 0.1) is 6.92 Å². The predicted octanol–water partition coefficient (Wildman–Crippen LogP) is 6.21. The summed E-state index contributed by atoms with van der Waals surface area (Å²) in [7, 11) is 1.56. The number of aliphatic imine (C=N–C) groups is 1. The molecule has 7 heteroatoms. The molecule has 1 aliphatic heterocycles. The SMILES string of the molecule is COc1ccc(N2C(=O)/C(=C/c3ccccc3C)N=C2SCCOc2ccccc2)cc1Cl. The Bertz CT molecular complexity index is 1210. The number of aryl methyl sites for hydroxylation is 1. The van der Waals surface area contributed by atoms with Gasteiger partial charge in [0.25, 0.3) is 5.91 Å². The van der Waals surface area contributed by atoms with Gasteiger partial charge in [-0.25, -0.2) is 4.99 Å². The number of amides is 1. The lowest BCUT2D eigenvalue weighted by atomic mass is 10.1. The molecule has 0 saturated heterocycles. The molecule has 3 aromatic carbocycles. The van der Waals surface area contributed by atoms with Gasteiger partial charge in [0.05, 0.1) is 24.4 Å². The Morgan fingerprint density at radius 2 is 1.82 bits per heavy atom. The van der Waals surface area contributed by atoms with Crippen LogP contribution in [0.25, 0.3) is 6.08 Å². The fourth-order valence-electron chi connectivity index (χ4n) is 3.32. The van der Waals surface area contributed by atoms with Crippen molar-refractivity contribution >= 4 is 46.2 Å². The lowest BCUT2D eigenvalue weighted by Gasteiger charge is -2.19. The van der Waals surface area contributed by atoms with E-state index in [4.69, 9.17) is 21.1 Å². The minimum absolute atomic E-state index is 0.203. The van der Waals surface area contributed by atoms with Crippen molar-refractivity contribution in [1.82, 2.24) is 0 Å². The summed E-state index contributed by atoms with van der Waals surface area (Å²) in [6.45, 7) is 2.49. The lowest BCUT2D eigenvalue weighted by molar-refractivity contribution is -0.113. The smallest absolute Gasteiger partial charge is 0.283 e. The van der Waals surface area contributed by atoms with Gasteiger partial charge in [0.15, 0.2) is 5.17 Å². The normalized spacial score (nSPS) is 14.5. The number of methoxy groups -OCH3 is 1. The molecule has 0 radical (unpaired) electrons. The van der Waals surface area contributed by atoms with Crippen molar-refractivity contribution in [1.29, 1.82) is 0 Å². The summed E-state index contributed by atoms with van der Waals surface area (Å²) in [4.78, 5) is 19.6. The van der Waals surface area contributed by atoms with E-state index in [1.54, 1.807) is 30.2 Å². The average Bonchev–Trinajstić information content (AvgIpc) is 3.13. The summed E-state index contributed by atoms with van der Waals surface area (Å²) in [5.74, 6) is 1.77. The van der Waals surface area contributed by atoms with Crippen molar-refractivity contribution in [3.63, 3.8) is 0 Å². The van der Waals surface area contributed by atoms with E-state index in [1.165, 1.54) is 11.8 Å². The Labute approximate surface area is 202 Å². The van der Waals surface area contributed by atoms with Gasteiger partial charge in [0.2, 0.25) is 0 Å². The van der Waals surface area contributed by atoms with Crippen LogP contribution >= 0.6 is 23.4 Å². The van der Waals surface area contributed by atoms with Gasteiger partial charge < -0.3 is 9.47 Å². The summed E-state index contributed by atoms with van der Waals surface area (Å²) in [6.07, 6.45) is 1.82. The molecular formula is C26H23ClN2O3S. The molecule has 0 N–H and O–H groups in total. The molecule has 0 aliphatic carbocycles. The van der Waals surface area contributed by atoms with E-state index in [-0.39, 0.29) is 5.91 Å². The number of para-hydroxylation sites is 1. The quantitative estimate of drug-likeness (QED) is 0.299. The highest BCUT2D eigenvalue weighted by molar-refractivity contribution is 8.14. The fraction of sp³-hybridized carbons (Fsp3) is 0.154. The Kier molecular flexibility index (Phi) is 7.37. The number of carbonyl (C=O) groups is 1. The Balaban J connectivity index is 1.58. The van der Waals surface area contributed by atoms with Crippen LogP contribution < -0.4 is 14.4 Å². The minimum atomic E-state index is -0.203. The van der Waals surface area contributed by atoms with Gasteiger partial charge in [0, 0.05) is 5.75 Å². The molecule has 3 aromatic rings. The van der Waals surface area contributed by atoms with E-state index in [9.17, 15) is 4.79 Å². The topological polar surface area (TPSA) is 51.1 Å². The van der Waals surface area contributed by atoms with Crippen LogP contribution in [-0.2, 0) is 4.79 Å². The molecule has 0 atom stereocenters. The second-order valence-electron chi connectivity index (χ2n) is 7.25. The van der Waals surface area contributed by atoms with Crippen molar-refractivity contribution in [3.8, 4) is 11.5 Å². The van der Waals surface area contributed by atoms with Crippen LogP contribution in [0.4, 0.5) is 5.69 Å². The zero-order chi connectivity index (χ0) is 23.2. The molecule has 1 aliphatic rings. The third kappa shape index (κ3) is 5.41. The highest BCUT2D eigenvalue weighted by atomic mass is 35.5. The number of ether oxygens (including phenoxy) is 2. The van der Waals surface area contributed by atoms with Crippen LogP contribution in [0.15, 0.2) is 83.5 Å². The summed E-state index contributed by atoms with van der Waals surface area (Å²) in [6, 6.07) is 22.8. The van der Waals surface area contributed by atoms with Crippen molar-refractivity contribution in [2.45, 2.75) is 6.92 Å². The monoisotopic (exact) mass is 478 g/mol. The largest absolute Gasteiger partial charge is 0.495 e. The standard InChI is InChI=1S/C26H23ClN2O3S/c1-18-8-6-7-9-19(18)16-23-25(30)29(20-12-13-24(31-2)22(27)17-20)26(28-23)33-15-14-32-21-10-4-3-5-11-21/h3-13,16-17H,14-15H2,1-2H3/b23-16-. The van der Waals surface area contributed by atoms with E-state index >= 15 is 0 Å². The van der Waals surface area contributed by atoms with Crippen LogP contribution in [0.5, 0.6) is 11.5 Å². The van der Waals surface area contributed by atoms with Crippen LogP contribution in [0.1, 0.15) is 11.1 Å². The van der Waals surface area contributed by atoms with Crippen LogP contribution in [-0.4, -0.2) is 30.5 Å². The molecular weight excluding hydrogens is 456 g/mol. The molecule has 0 spiro atoms. The summed E-state index contributed by atoms with van der Waals surface area (Å²) in [5, 5.41) is 1.01. The first kappa shape index (κ1) is 23.0. The number of halogens is 1. The van der Waals surface area contributed by atoms with Gasteiger partial charge in [0.1, 0.15) is 17.2 Å². The van der Waals surface area contributed by atoms with E-state index in [0.717, 1.165) is 16.9 Å². The van der Waals surface area contributed by atoms with Crippen LogP contribution in [0.3, 0.4) is 0 Å². The van der Waals surface area contributed by atoms with Gasteiger partial charge in [-0.3, -0.25) is 9.69 Å². The molecule has 1 heterocycles.